The highest BCUT2D eigenvalue weighted by Crippen LogP contribution is 2.25. The van der Waals surface area contributed by atoms with E-state index in [0.717, 1.165) is 12.8 Å². The molecule has 1 aliphatic rings. The maximum atomic E-state index is 12.9. The zero-order valence-electron chi connectivity index (χ0n) is 13.6. The molecule has 3 rings (SSSR count). The van der Waals surface area contributed by atoms with Crippen LogP contribution in [0.5, 0.6) is 5.75 Å². The molecule has 0 bridgehead atoms. The average Bonchev–Trinajstić information content (AvgIpc) is 2.62. The van der Waals surface area contributed by atoms with Crippen molar-refractivity contribution in [2.24, 2.45) is 5.92 Å². The highest BCUT2D eigenvalue weighted by molar-refractivity contribution is 7.89. The molecule has 0 unspecified atom stereocenters. The Bertz CT molecular complexity index is 801. The molecule has 0 spiro atoms. The summed E-state index contributed by atoms with van der Waals surface area (Å²) in [7, 11) is -3.48. The van der Waals surface area contributed by atoms with Crippen LogP contribution in [0.2, 0.25) is 5.02 Å². The van der Waals surface area contributed by atoms with Gasteiger partial charge in [0.1, 0.15) is 11.6 Å². The molecule has 2 aromatic carbocycles. The van der Waals surface area contributed by atoms with E-state index >= 15 is 0 Å². The molecule has 0 radical (unpaired) electrons. The molecule has 1 saturated heterocycles. The maximum absolute atomic E-state index is 12.9. The topological polar surface area (TPSA) is 46.6 Å². The highest BCUT2D eigenvalue weighted by atomic mass is 35.5. The van der Waals surface area contributed by atoms with Gasteiger partial charge in [-0.2, -0.15) is 4.31 Å². The second-order valence-corrected chi connectivity index (χ2v) is 8.44. The second kappa shape index (κ2) is 7.72. The van der Waals surface area contributed by atoms with Gasteiger partial charge < -0.3 is 4.74 Å². The molecule has 0 N–H and O–H groups in total. The zero-order valence-corrected chi connectivity index (χ0v) is 15.1. The number of nitrogens with zero attached hydrogens (tertiary/aromatic N) is 1. The predicted octanol–water partition coefficient (Wildman–Crippen LogP) is 3.96. The fraction of sp³-hybridized carbons (Fsp3) is 0.333. The monoisotopic (exact) mass is 383 g/mol. The summed E-state index contributed by atoms with van der Waals surface area (Å²) >= 11 is 5.82. The molecule has 0 aromatic heterocycles. The van der Waals surface area contributed by atoms with E-state index in [9.17, 15) is 12.8 Å². The van der Waals surface area contributed by atoms with Crippen LogP contribution in [0.1, 0.15) is 12.8 Å². The largest absolute Gasteiger partial charge is 0.493 e. The summed E-state index contributed by atoms with van der Waals surface area (Å²) in [5, 5.41) is 0.510. The molecule has 0 aliphatic carbocycles. The third-order valence-electron chi connectivity index (χ3n) is 4.32. The van der Waals surface area contributed by atoms with Gasteiger partial charge in [-0.3, -0.25) is 0 Å². The van der Waals surface area contributed by atoms with Gasteiger partial charge in [0.2, 0.25) is 10.0 Å². The normalized spacial score (nSPS) is 16.7. The van der Waals surface area contributed by atoms with Crippen LogP contribution in [0.15, 0.2) is 53.4 Å². The summed E-state index contributed by atoms with van der Waals surface area (Å²) in [6.45, 7) is 1.42. The first-order chi connectivity index (χ1) is 11.9. The number of benzene rings is 2. The summed E-state index contributed by atoms with van der Waals surface area (Å²) in [5.74, 6) is 0.604. The van der Waals surface area contributed by atoms with Crippen molar-refractivity contribution in [1.82, 2.24) is 4.31 Å². The SMILES string of the molecule is O=S(=O)(c1ccc(Cl)cc1)N1CCC(COc2ccc(F)cc2)CC1. The van der Waals surface area contributed by atoms with Crippen molar-refractivity contribution < 1.29 is 17.5 Å². The lowest BCUT2D eigenvalue weighted by atomic mass is 9.99. The van der Waals surface area contributed by atoms with E-state index in [4.69, 9.17) is 16.3 Å². The van der Waals surface area contributed by atoms with Crippen molar-refractivity contribution in [3.63, 3.8) is 0 Å². The van der Waals surface area contributed by atoms with Crippen molar-refractivity contribution in [3.8, 4) is 5.75 Å². The number of hydrogen-bond acceptors (Lipinski definition) is 3. The number of rotatable bonds is 5. The average molecular weight is 384 g/mol. The highest BCUT2D eigenvalue weighted by Gasteiger charge is 2.29. The summed E-state index contributed by atoms with van der Waals surface area (Å²) in [5.41, 5.74) is 0. The lowest BCUT2D eigenvalue weighted by molar-refractivity contribution is 0.185. The quantitative estimate of drug-likeness (QED) is 0.785. The summed E-state index contributed by atoms with van der Waals surface area (Å²) in [6.07, 6.45) is 1.46. The van der Waals surface area contributed by atoms with Crippen LogP contribution in [-0.2, 0) is 10.0 Å². The summed E-state index contributed by atoms with van der Waals surface area (Å²) in [6, 6.07) is 12.1. The van der Waals surface area contributed by atoms with Gasteiger partial charge in [0.15, 0.2) is 0 Å². The molecule has 0 amide bonds. The first kappa shape index (κ1) is 18.2. The fourth-order valence-electron chi connectivity index (χ4n) is 2.82. The summed E-state index contributed by atoms with van der Waals surface area (Å²) < 4.78 is 45.3. The minimum Gasteiger partial charge on any atom is -0.493 e. The minimum atomic E-state index is -3.48. The molecule has 1 heterocycles. The van der Waals surface area contributed by atoms with E-state index in [-0.39, 0.29) is 16.6 Å². The fourth-order valence-corrected chi connectivity index (χ4v) is 4.41. The van der Waals surface area contributed by atoms with Crippen molar-refractivity contribution in [2.75, 3.05) is 19.7 Å². The van der Waals surface area contributed by atoms with E-state index in [1.54, 1.807) is 24.3 Å². The third kappa shape index (κ3) is 4.51. The van der Waals surface area contributed by atoms with Crippen molar-refractivity contribution in [1.29, 1.82) is 0 Å². The van der Waals surface area contributed by atoms with Crippen molar-refractivity contribution in [3.05, 3.63) is 59.4 Å². The van der Waals surface area contributed by atoms with Gasteiger partial charge in [-0.15, -0.1) is 0 Å². The number of sulfonamides is 1. The van der Waals surface area contributed by atoms with Gasteiger partial charge >= 0.3 is 0 Å². The Balaban J connectivity index is 1.54. The third-order valence-corrected chi connectivity index (χ3v) is 6.49. The molecule has 1 aliphatic heterocycles. The van der Waals surface area contributed by atoms with E-state index in [1.165, 1.54) is 28.6 Å². The lowest BCUT2D eigenvalue weighted by Crippen LogP contribution is -2.39. The Morgan fingerprint density at radius 1 is 1.04 bits per heavy atom. The van der Waals surface area contributed by atoms with Gasteiger partial charge in [0, 0.05) is 18.1 Å². The molecular formula is C18H19ClFNO3S. The van der Waals surface area contributed by atoms with E-state index < -0.39 is 10.0 Å². The van der Waals surface area contributed by atoms with Gasteiger partial charge in [-0.05, 0) is 67.3 Å². The van der Waals surface area contributed by atoms with Crippen LogP contribution < -0.4 is 4.74 Å². The standard InChI is InChI=1S/C18H19ClFNO3S/c19-15-1-7-18(8-2-15)25(22,23)21-11-9-14(10-12-21)13-24-17-5-3-16(20)4-6-17/h1-8,14H,9-13H2. The molecule has 7 heteroatoms. The van der Waals surface area contributed by atoms with Crippen LogP contribution in [0.25, 0.3) is 0 Å². The zero-order chi connectivity index (χ0) is 17.9. The first-order valence-electron chi connectivity index (χ1n) is 8.09. The van der Waals surface area contributed by atoms with E-state index in [2.05, 4.69) is 0 Å². The van der Waals surface area contributed by atoms with Crippen LogP contribution in [-0.4, -0.2) is 32.4 Å². The van der Waals surface area contributed by atoms with Crippen LogP contribution in [0.4, 0.5) is 4.39 Å². The number of halogens is 2. The molecule has 25 heavy (non-hydrogen) atoms. The van der Waals surface area contributed by atoms with Crippen molar-refractivity contribution >= 4 is 21.6 Å². The van der Waals surface area contributed by atoms with Crippen LogP contribution in [0.3, 0.4) is 0 Å². The van der Waals surface area contributed by atoms with Gasteiger partial charge in [0.25, 0.3) is 0 Å². The Hall–Kier alpha value is -1.63. The predicted molar refractivity (Wildman–Crippen MR) is 94.8 cm³/mol. The molecule has 0 saturated carbocycles. The molecule has 1 fully saturated rings. The van der Waals surface area contributed by atoms with Gasteiger partial charge in [-0.25, -0.2) is 12.8 Å². The van der Waals surface area contributed by atoms with E-state index in [0.29, 0.717) is 30.5 Å². The van der Waals surface area contributed by atoms with Crippen molar-refractivity contribution in [2.45, 2.75) is 17.7 Å². The molecule has 0 atom stereocenters. The van der Waals surface area contributed by atoms with Crippen LogP contribution in [0, 0.1) is 11.7 Å². The second-order valence-electron chi connectivity index (χ2n) is 6.07. The Labute approximate surface area is 152 Å². The Kier molecular flexibility index (Phi) is 5.61. The molecule has 2 aromatic rings. The van der Waals surface area contributed by atoms with Gasteiger partial charge in [-0.1, -0.05) is 11.6 Å². The van der Waals surface area contributed by atoms with E-state index in [1.807, 2.05) is 0 Å². The van der Waals surface area contributed by atoms with Gasteiger partial charge in [0.05, 0.1) is 11.5 Å². The first-order valence-corrected chi connectivity index (χ1v) is 9.91. The number of ether oxygens (including phenoxy) is 1. The van der Waals surface area contributed by atoms with Crippen LogP contribution >= 0.6 is 11.6 Å². The number of piperidine rings is 1. The molecular weight excluding hydrogens is 365 g/mol. The lowest BCUT2D eigenvalue weighted by Gasteiger charge is -2.31. The smallest absolute Gasteiger partial charge is 0.243 e. The number of hydrogen-bond donors (Lipinski definition) is 0. The Morgan fingerprint density at radius 2 is 1.64 bits per heavy atom. The minimum absolute atomic E-state index is 0.262. The molecule has 4 nitrogen and oxygen atoms in total. The molecule has 134 valence electrons. The maximum Gasteiger partial charge on any atom is 0.243 e. The Morgan fingerprint density at radius 3 is 2.24 bits per heavy atom. The summed E-state index contributed by atoms with van der Waals surface area (Å²) in [4.78, 5) is 0.262.